The van der Waals surface area contributed by atoms with Gasteiger partial charge in [-0.1, -0.05) is 0 Å². The fourth-order valence-electron chi connectivity index (χ4n) is 2.98. The van der Waals surface area contributed by atoms with E-state index in [1.807, 2.05) is 0 Å². The smallest absolute Gasteiger partial charge is 0.419 e. The van der Waals surface area contributed by atoms with E-state index in [0.717, 1.165) is 6.07 Å². The average Bonchev–Trinajstić information content (AvgIpc) is 2.53. The van der Waals surface area contributed by atoms with E-state index in [0.29, 0.717) is 6.07 Å². The predicted octanol–water partition coefficient (Wildman–Crippen LogP) is 5.73. The number of hydrogen-bond donors (Lipinski definition) is 1. The number of alkyl halides is 3. The van der Waals surface area contributed by atoms with Crippen molar-refractivity contribution in [1.82, 2.24) is 0 Å². The lowest BCUT2D eigenvalue weighted by atomic mass is 9.88. The maximum absolute atomic E-state index is 14.9. The Labute approximate surface area is 151 Å². The maximum Gasteiger partial charge on any atom is 0.419 e. The van der Waals surface area contributed by atoms with Gasteiger partial charge in [-0.05, 0) is 61.6 Å². The van der Waals surface area contributed by atoms with E-state index in [2.05, 4.69) is 0 Å². The number of aryl methyl sites for hydroxylation is 1. The molecule has 0 saturated carbocycles. The van der Waals surface area contributed by atoms with E-state index in [1.54, 1.807) is 0 Å². The number of hydrogen-bond acceptors (Lipinski definition) is 1. The van der Waals surface area contributed by atoms with Crippen LogP contribution in [0.15, 0.2) is 12.1 Å². The van der Waals surface area contributed by atoms with Gasteiger partial charge in [-0.25, -0.2) is 13.2 Å². The third-order valence-electron chi connectivity index (χ3n) is 4.49. The zero-order valence-corrected chi connectivity index (χ0v) is 14.7. The van der Waals surface area contributed by atoms with Crippen LogP contribution < -0.4 is 0 Å². The third kappa shape index (κ3) is 3.94. The highest BCUT2D eigenvalue weighted by Crippen LogP contribution is 2.40. The fourth-order valence-corrected chi connectivity index (χ4v) is 2.98. The van der Waals surface area contributed by atoms with E-state index in [1.165, 1.54) is 20.8 Å². The van der Waals surface area contributed by atoms with E-state index in [9.17, 15) is 31.1 Å². The van der Waals surface area contributed by atoms with Crippen molar-refractivity contribution in [1.29, 1.82) is 0 Å². The van der Waals surface area contributed by atoms with Gasteiger partial charge >= 0.3 is 12.1 Å². The van der Waals surface area contributed by atoms with Crippen LogP contribution in [-0.4, -0.2) is 11.1 Å². The molecule has 27 heavy (non-hydrogen) atoms. The Balaban J connectivity index is 2.87. The molecule has 2 rings (SSSR count). The summed E-state index contributed by atoms with van der Waals surface area (Å²) in [4.78, 5) is 10.7. The highest BCUT2D eigenvalue weighted by atomic mass is 19.4. The SMILES string of the molecule is Cc1cc(F)c(C)c(C)c1-c1cc(C(F)(F)F)c(F)c(CCC(=O)O)c1F. The van der Waals surface area contributed by atoms with Gasteiger partial charge in [0.25, 0.3) is 0 Å². The maximum atomic E-state index is 14.9. The van der Waals surface area contributed by atoms with Gasteiger partial charge in [0.1, 0.15) is 17.5 Å². The zero-order valence-electron chi connectivity index (χ0n) is 14.7. The Hall–Kier alpha value is -2.51. The minimum atomic E-state index is -5.11. The van der Waals surface area contributed by atoms with Crippen LogP contribution in [-0.2, 0) is 17.4 Å². The summed E-state index contributed by atoms with van der Waals surface area (Å²) in [5.41, 5.74) is -2.65. The van der Waals surface area contributed by atoms with Crippen LogP contribution in [0, 0.1) is 38.2 Å². The van der Waals surface area contributed by atoms with Crippen molar-refractivity contribution >= 4 is 5.97 Å². The lowest BCUT2D eigenvalue weighted by Crippen LogP contribution is -2.14. The monoisotopic (exact) mass is 390 g/mol. The average molecular weight is 390 g/mol. The Morgan fingerprint density at radius 3 is 2.11 bits per heavy atom. The van der Waals surface area contributed by atoms with Crippen LogP contribution in [0.2, 0.25) is 0 Å². The van der Waals surface area contributed by atoms with Gasteiger partial charge in [-0.2, -0.15) is 13.2 Å². The first-order valence-electron chi connectivity index (χ1n) is 7.92. The van der Waals surface area contributed by atoms with Crippen LogP contribution in [0.5, 0.6) is 0 Å². The Kier molecular flexibility index (Phi) is 5.58. The molecule has 0 amide bonds. The molecular formula is C19H16F6O2. The number of halogens is 6. The summed E-state index contributed by atoms with van der Waals surface area (Å²) in [6, 6.07) is 1.41. The van der Waals surface area contributed by atoms with Gasteiger partial charge in [0.15, 0.2) is 0 Å². The molecular weight excluding hydrogens is 374 g/mol. The first-order valence-corrected chi connectivity index (χ1v) is 7.92. The molecule has 0 aliphatic carbocycles. The van der Waals surface area contributed by atoms with Crippen LogP contribution >= 0.6 is 0 Å². The fraction of sp³-hybridized carbons (Fsp3) is 0.316. The first-order chi connectivity index (χ1) is 12.4. The number of carboxylic acid groups (broad SMARTS) is 1. The lowest BCUT2D eigenvalue weighted by Gasteiger charge is -2.19. The van der Waals surface area contributed by atoms with Crippen LogP contribution in [0.25, 0.3) is 11.1 Å². The summed E-state index contributed by atoms with van der Waals surface area (Å²) >= 11 is 0. The second kappa shape index (κ2) is 7.25. The number of aliphatic carboxylic acids is 1. The lowest BCUT2D eigenvalue weighted by molar-refractivity contribution is -0.140. The summed E-state index contributed by atoms with van der Waals surface area (Å²) < 4.78 is 82.9. The molecule has 2 aromatic carbocycles. The molecule has 2 nitrogen and oxygen atoms in total. The second-order valence-electron chi connectivity index (χ2n) is 6.27. The van der Waals surface area contributed by atoms with Crippen molar-refractivity contribution in [3.8, 4) is 11.1 Å². The molecule has 0 unspecified atom stereocenters. The first kappa shape index (κ1) is 20.8. The van der Waals surface area contributed by atoms with E-state index < -0.39 is 59.1 Å². The molecule has 0 aliphatic rings. The largest absolute Gasteiger partial charge is 0.481 e. The quantitative estimate of drug-likeness (QED) is 0.677. The standard InChI is InChI=1S/C19H16F6O2/c1-8-6-14(20)9(2)10(3)16(8)12-7-13(19(23,24)25)18(22)11(17(12)21)4-5-15(26)27/h6-7H,4-5H2,1-3H3,(H,26,27). The van der Waals surface area contributed by atoms with Gasteiger partial charge < -0.3 is 5.11 Å². The molecule has 2 aromatic rings. The van der Waals surface area contributed by atoms with Crippen molar-refractivity contribution in [2.45, 2.75) is 39.8 Å². The molecule has 0 radical (unpaired) electrons. The Morgan fingerprint density at radius 1 is 1.00 bits per heavy atom. The highest BCUT2D eigenvalue weighted by Gasteiger charge is 2.37. The van der Waals surface area contributed by atoms with Crippen molar-refractivity contribution in [3.05, 3.63) is 57.4 Å². The number of carboxylic acids is 1. The molecule has 0 atom stereocenters. The zero-order chi connectivity index (χ0) is 20.7. The summed E-state index contributed by atoms with van der Waals surface area (Å²) in [5, 5.41) is 8.72. The van der Waals surface area contributed by atoms with Crippen molar-refractivity contribution in [2.24, 2.45) is 0 Å². The van der Waals surface area contributed by atoms with E-state index in [-0.39, 0.29) is 22.3 Å². The van der Waals surface area contributed by atoms with Crippen LogP contribution in [0.1, 0.15) is 34.2 Å². The van der Waals surface area contributed by atoms with Gasteiger partial charge in [0, 0.05) is 17.5 Å². The summed E-state index contributed by atoms with van der Waals surface area (Å²) in [6.07, 6.45) is -6.60. The van der Waals surface area contributed by atoms with Gasteiger partial charge in [0.2, 0.25) is 0 Å². The van der Waals surface area contributed by atoms with Crippen molar-refractivity contribution in [3.63, 3.8) is 0 Å². The van der Waals surface area contributed by atoms with Gasteiger partial charge in [-0.15, -0.1) is 0 Å². The van der Waals surface area contributed by atoms with E-state index >= 15 is 0 Å². The molecule has 8 heteroatoms. The van der Waals surface area contributed by atoms with Crippen LogP contribution in [0.4, 0.5) is 26.3 Å². The number of carbonyl (C=O) groups is 1. The molecule has 0 fully saturated rings. The molecule has 0 spiro atoms. The molecule has 1 N–H and O–H groups in total. The Bertz CT molecular complexity index is 916. The molecule has 146 valence electrons. The van der Waals surface area contributed by atoms with E-state index in [4.69, 9.17) is 5.11 Å². The topological polar surface area (TPSA) is 37.3 Å². The number of rotatable bonds is 4. The van der Waals surface area contributed by atoms with Gasteiger partial charge in [-0.3, -0.25) is 4.79 Å². The van der Waals surface area contributed by atoms with Crippen molar-refractivity contribution in [2.75, 3.05) is 0 Å². The Morgan fingerprint density at radius 2 is 1.59 bits per heavy atom. The number of benzene rings is 2. The molecule has 0 aromatic heterocycles. The summed E-state index contributed by atoms with van der Waals surface area (Å²) in [6.45, 7) is 4.22. The minimum Gasteiger partial charge on any atom is -0.481 e. The third-order valence-corrected chi connectivity index (χ3v) is 4.49. The molecule has 0 heterocycles. The highest BCUT2D eigenvalue weighted by molar-refractivity contribution is 5.74. The van der Waals surface area contributed by atoms with Gasteiger partial charge in [0.05, 0.1) is 5.56 Å². The molecule has 0 aliphatic heterocycles. The summed E-state index contributed by atoms with van der Waals surface area (Å²) in [7, 11) is 0. The summed E-state index contributed by atoms with van der Waals surface area (Å²) in [5.74, 6) is -5.12. The molecule has 0 bridgehead atoms. The van der Waals surface area contributed by atoms with Crippen LogP contribution in [0.3, 0.4) is 0 Å². The van der Waals surface area contributed by atoms with Crippen molar-refractivity contribution < 1.29 is 36.2 Å². The second-order valence-corrected chi connectivity index (χ2v) is 6.27. The predicted molar refractivity (Wildman–Crippen MR) is 86.9 cm³/mol. The molecule has 0 saturated heterocycles. The minimum absolute atomic E-state index is 0.0217. The normalized spacial score (nSPS) is 11.7.